The van der Waals surface area contributed by atoms with Gasteiger partial charge in [0.1, 0.15) is 12.4 Å². The first-order chi connectivity index (χ1) is 14.2. The highest BCUT2D eigenvalue weighted by Crippen LogP contribution is 2.18. The van der Waals surface area contributed by atoms with Gasteiger partial charge in [0.15, 0.2) is 5.96 Å². The molecule has 1 aromatic carbocycles. The van der Waals surface area contributed by atoms with E-state index in [-0.39, 0.29) is 24.0 Å². The highest BCUT2D eigenvalue weighted by Gasteiger charge is 2.11. The molecule has 1 aliphatic heterocycles. The van der Waals surface area contributed by atoms with Crippen LogP contribution in [0, 0.1) is 13.8 Å². The largest absolute Gasteiger partial charge is 0.492 e. The second-order valence-corrected chi connectivity index (χ2v) is 8.22. The zero-order valence-corrected chi connectivity index (χ0v) is 21.1. The molecule has 0 unspecified atom stereocenters. The van der Waals surface area contributed by atoms with Gasteiger partial charge < -0.3 is 20.1 Å². The summed E-state index contributed by atoms with van der Waals surface area (Å²) in [4.78, 5) is 12.4. The molecule has 0 saturated carbocycles. The van der Waals surface area contributed by atoms with Crippen LogP contribution in [0.3, 0.4) is 0 Å². The molecule has 7 nitrogen and oxygen atoms in total. The minimum absolute atomic E-state index is 0. The SMILES string of the molecule is CN=C(NCc1ccccc1OCCN1CCOCC1)NCc1sc(C)nc1C.I. The van der Waals surface area contributed by atoms with Gasteiger partial charge in [-0.2, -0.15) is 0 Å². The van der Waals surface area contributed by atoms with Gasteiger partial charge in [0.05, 0.1) is 30.5 Å². The van der Waals surface area contributed by atoms with Crippen LogP contribution in [-0.2, 0) is 17.8 Å². The van der Waals surface area contributed by atoms with Crippen LogP contribution in [0.5, 0.6) is 5.75 Å². The Hall–Kier alpha value is -1.43. The van der Waals surface area contributed by atoms with Crippen LogP contribution in [0.1, 0.15) is 21.1 Å². The van der Waals surface area contributed by atoms with Gasteiger partial charge in [-0.1, -0.05) is 18.2 Å². The Balaban J connectivity index is 0.00000320. The van der Waals surface area contributed by atoms with E-state index in [0.29, 0.717) is 19.7 Å². The number of hydrogen-bond donors (Lipinski definition) is 2. The molecule has 9 heteroatoms. The summed E-state index contributed by atoms with van der Waals surface area (Å²) in [5.41, 5.74) is 2.19. The average molecular weight is 545 g/mol. The maximum Gasteiger partial charge on any atom is 0.191 e. The molecular weight excluding hydrogens is 513 g/mol. The van der Waals surface area contributed by atoms with E-state index in [4.69, 9.17) is 9.47 Å². The summed E-state index contributed by atoms with van der Waals surface area (Å²) < 4.78 is 11.5. The Morgan fingerprint density at radius 2 is 1.93 bits per heavy atom. The van der Waals surface area contributed by atoms with E-state index >= 15 is 0 Å². The number of guanidine groups is 1. The number of nitrogens with zero attached hydrogens (tertiary/aromatic N) is 3. The number of morpholine rings is 1. The van der Waals surface area contributed by atoms with Crippen molar-refractivity contribution in [3.05, 3.63) is 45.4 Å². The topological polar surface area (TPSA) is 71.0 Å². The minimum Gasteiger partial charge on any atom is -0.492 e. The molecule has 3 rings (SSSR count). The van der Waals surface area contributed by atoms with Gasteiger partial charge in [0, 0.05) is 43.7 Å². The molecule has 2 aromatic rings. The lowest BCUT2D eigenvalue weighted by molar-refractivity contribution is 0.0322. The molecular formula is C21H32IN5O2S. The standard InChI is InChI=1S/C21H31N5O2S.HI/c1-16-20(29-17(2)25-16)15-24-21(22-3)23-14-18-6-4-5-7-19(18)28-13-10-26-8-11-27-12-9-26;/h4-7H,8-15H2,1-3H3,(H2,22,23,24);1H. The highest BCUT2D eigenvalue weighted by atomic mass is 127. The molecule has 0 atom stereocenters. The smallest absolute Gasteiger partial charge is 0.191 e. The fraction of sp³-hybridized carbons (Fsp3) is 0.524. The van der Waals surface area contributed by atoms with Crippen molar-refractivity contribution in [1.82, 2.24) is 20.5 Å². The summed E-state index contributed by atoms with van der Waals surface area (Å²) in [7, 11) is 1.78. The number of aromatic nitrogens is 1. The Labute approximate surface area is 200 Å². The van der Waals surface area contributed by atoms with Gasteiger partial charge in [0.2, 0.25) is 0 Å². The van der Waals surface area contributed by atoms with Crippen molar-refractivity contribution in [1.29, 1.82) is 0 Å². The predicted octanol–water partition coefficient (Wildman–Crippen LogP) is 2.95. The quantitative estimate of drug-likeness (QED) is 0.302. The van der Waals surface area contributed by atoms with Crippen LogP contribution < -0.4 is 15.4 Å². The van der Waals surface area contributed by atoms with E-state index in [1.807, 2.05) is 32.0 Å². The molecule has 1 aliphatic rings. The molecule has 0 aliphatic carbocycles. The number of thiazole rings is 1. The molecule has 30 heavy (non-hydrogen) atoms. The number of hydrogen-bond acceptors (Lipinski definition) is 6. The number of benzene rings is 1. The summed E-state index contributed by atoms with van der Waals surface area (Å²) >= 11 is 1.72. The zero-order chi connectivity index (χ0) is 20.5. The number of para-hydroxylation sites is 1. The number of rotatable bonds is 8. The van der Waals surface area contributed by atoms with Crippen molar-refractivity contribution in [2.24, 2.45) is 4.99 Å². The van der Waals surface area contributed by atoms with Crippen molar-refractivity contribution in [2.45, 2.75) is 26.9 Å². The van der Waals surface area contributed by atoms with Gasteiger partial charge in [-0.25, -0.2) is 4.98 Å². The molecule has 1 saturated heterocycles. The first kappa shape index (κ1) is 24.8. The molecule has 2 N–H and O–H groups in total. The molecule has 166 valence electrons. The van der Waals surface area contributed by atoms with E-state index in [2.05, 4.69) is 31.6 Å². The normalized spacial score (nSPS) is 14.8. The fourth-order valence-corrected chi connectivity index (χ4v) is 4.08. The summed E-state index contributed by atoms with van der Waals surface area (Å²) in [6, 6.07) is 8.15. The molecule has 0 spiro atoms. The van der Waals surface area contributed by atoms with Crippen LogP contribution in [0.4, 0.5) is 0 Å². The number of aryl methyl sites for hydroxylation is 2. The predicted molar refractivity (Wildman–Crippen MR) is 133 cm³/mol. The van der Waals surface area contributed by atoms with E-state index in [9.17, 15) is 0 Å². The summed E-state index contributed by atoms with van der Waals surface area (Å²) in [5, 5.41) is 7.83. The van der Waals surface area contributed by atoms with Gasteiger partial charge in [0.25, 0.3) is 0 Å². The highest BCUT2D eigenvalue weighted by molar-refractivity contribution is 14.0. The van der Waals surface area contributed by atoms with Gasteiger partial charge in [-0.15, -0.1) is 35.3 Å². The average Bonchev–Trinajstić information content (AvgIpc) is 3.07. The van der Waals surface area contributed by atoms with Crippen molar-refractivity contribution in [3.63, 3.8) is 0 Å². The Kier molecular flexibility index (Phi) is 10.8. The molecule has 0 radical (unpaired) electrons. The van der Waals surface area contributed by atoms with E-state index in [0.717, 1.165) is 60.8 Å². The van der Waals surface area contributed by atoms with Crippen LogP contribution in [0.15, 0.2) is 29.3 Å². The molecule has 0 bridgehead atoms. The first-order valence-electron chi connectivity index (χ1n) is 10.0. The Morgan fingerprint density at radius 1 is 1.20 bits per heavy atom. The van der Waals surface area contributed by atoms with Gasteiger partial charge in [-0.3, -0.25) is 9.89 Å². The molecule has 1 aromatic heterocycles. The third-order valence-corrected chi connectivity index (χ3v) is 5.90. The second kappa shape index (κ2) is 13.1. The first-order valence-corrected chi connectivity index (χ1v) is 10.9. The van der Waals surface area contributed by atoms with Crippen LogP contribution in [0.2, 0.25) is 0 Å². The second-order valence-electron chi connectivity index (χ2n) is 6.93. The molecule has 0 amide bonds. The van der Waals surface area contributed by atoms with Crippen LogP contribution in [-0.4, -0.2) is 62.3 Å². The summed E-state index contributed by atoms with van der Waals surface area (Å²) in [6.07, 6.45) is 0. The number of nitrogens with one attached hydrogen (secondary N) is 2. The zero-order valence-electron chi connectivity index (χ0n) is 17.9. The summed E-state index contributed by atoms with van der Waals surface area (Å²) in [5.74, 6) is 1.68. The van der Waals surface area contributed by atoms with Crippen molar-refractivity contribution < 1.29 is 9.47 Å². The Bertz CT molecular complexity index is 808. The van der Waals surface area contributed by atoms with Crippen LogP contribution >= 0.6 is 35.3 Å². The van der Waals surface area contributed by atoms with Crippen LogP contribution in [0.25, 0.3) is 0 Å². The lowest BCUT2D eigenvalue weighted by Crippen LogP contribution is -2.38. The fourth-order valence-electron chi connectivity index (χ4n) is 3.20. The van der Waals surface area contributed by atoms with E-state index in [1.54, 1.807) is 18.4 Å². The molecule has 2 heterocycles. The molecule has 1 fully saturated rings. The summed E-state index contributed by atoms with van der Waals surface area (Å²) in [6.45, 7) is 10.6. The monoisotopic (exact) mass is 545 g/mol. The van der Waals surface area contributed by atoms with E-state index < -0.39 is 0 Å². The number of aliphatic imine (C=N–C) groups is 1. The Morgan fingerprint density at radius 3 is 2.63 bits per heavy atom. The van der Waals surface area contributed by atoms with Crippen molar-refractivity contribution in [2.75, 3.05) is 46.5 Å². The maximum atomic E-state index is 6.06. The lowest BCUT2D eigenvalue weighted by Gasteiger charge is -2.26. The van der Waals surface area contributed by atoms with E-state index in [1.165, 1.54) is 4.88 Å². The minimum atomic E-state index is 0. The van der Waals surface area contributed by atoms with Gasteiger partial charge >= 0.3 is 0 Å². The van der Waals surface area contributed by atoms with Gasteiger partial charge in [-0.05, 0) is 19.9 Å². The van der Waals surface area contributed by atoms with Crippen molar-refractivity contribution >= 4 is 41.3 Å². The third kappa shape index (κ3) is 7.68. The van der Waals surface area contributed by atoms with Crippen molar-refractivity contribution in [3.8, 4) is 5.75 Å². The maximum absolute atomic E-state index is 6.06. The third-order valence-electron chi connectivity index (χ3n) is 4.83. The lowest BCUT2D eigenvalue weighted by atomic mass is 10.2. The number of halogens is 1. The number of ether oxygens (including phenoxy) is 2.